The van der Waals surface area contributed by atoms with Crippen LogP contribution in [0.3, 0.4) is 0 Å². The van der Waals surface area contributed by atoms with Crippen LogP contribution in [0.5, 0.6) is 0 Å². The van der Waals surface area contributed by atoms with E-state index in [1.54, 1.807) is 31.2 Å². The maximum Gasteiger partial charge on any atom is 0.262 e. The molecule has 3 rings (SSSR count). The molecule has 3 atom stereocenters. The second kappa shape index (κ2) is 8.93. The molecule has 0 saturated heterocycles. The third-order valence-electron chi connectivity index (χ3n) is 5.13. The maximum atomic E-state index is 13.1. The van der Waals surface area contributed by atoms with Gasteiger partial charge in [0.2, 0.25) is 0 Å². The van der Waals surface area contributed by atoms with E-state index in [0.29, 0.717) is 0 Å². The average Bonchev–Trinajstić information content (AvgIpc) is 3.03. The highest BCUT2D eigenvalue weighted by Gasteiger charge is 2.42. The van der Waals surface area contributed by atoms with Crippen LogP contribution in [0.25, 0.3) is 0 Å². The van der Waals surface area contributed by atoms with E-state index in [1.807, 2.05) is 0 Å². The molecule has 1 aliphatic heterocycles. The lowest BCUT2D eigenvalue weighted by molar-refractivity contribution is 0.0386. The number of aliphatic hydroxyl groups is 1. The summed E-state index contributed by atoms with van der Waals surface area (Å²) in [5.41, 5.74) is 0.452. The summed E-state index contributed by atoms with van der Waals surface area (Å²) in [4.78, 5) is 30.4. The minimum atomic E-state index is -4.09. The smallest absolute Gasteiger partial charge is 0.262 e. The van der Waals surface area contributed by atoms with Crippen LogP contribution in [-0.4, -0.2) is 64.3 Å². The van der Waals surface area contributed by atoms with Crippen molar-refractivity contribution in [3.05, 3.63) is 85.1 Å². The summed E-state index contributed by atoms with van der Waals surface area (Å²) in [6.07, 6.45) is 2.60. The lowest BCUT2D eigenvalue weighted by Gasteiger charge is -2.33. The molecular formula is C22H23N3O5S. The summed E-state index contributed by atoms with van der Waals surface area (Å²) in [6.45, 7) is 8.48. The number of carbonyl (C=O) groups excluding carboxylic acids is 2. The molecule has 0 spiro atoms. The predicted octanol–water partition coefficient (Wildman–Crippen LogP) is 1.86. The first kappa shape index (κ1) is 22.5. The van der Waals surface area contributed by atoms with Crippen molar-refractivity contribution in [1.82, 2.24) is 14.2 Å². The molecule has 0 fully saturated rings. The third kappa shape index (κ3) is 4.07. The maximum absolute atomic E-state index is 13.1. The number of hydrogen-bond acceptors (Lipinski definition) is 6. The van der Waals surface area contributed by atoms with E-state index in [9.17, 15) is 23.1 Å². The van der Waals surface area contributed by atoms with Crippen molar-refractivity contribution in [3.63, 3.8) is 0 Å². The zero-order valence-corrected chi connectivity index (χ0v) is 17.8. The van der Waals surface area contributed by atoms with Gasteiger partial charge in [0.25, 0.3) is 21.8 Å². The van der Waals surface area contributed by atoms with Gasteiger partial charge in [-0.15, -0.1) is 13.2 Å². The van der Waals surface area contributed by atoms with Gasteiger partial charge >= 0.3 is 0 Å². The number of nitrogens with zero attached hydrogens (tertiary/aromatic N) is 3. The normalized spacial score (nSPS) is 16.7. The molecule has 0 unspecified atom stereocenters. The fourth-order valence-electron chi connectivity index (χ4n) is 3.43. The highest BCUT2D eigenvalue weighted by molar-refractivity contribution is 7.89. The van der Waals surface area contributed by atoms with E-state index in [4.69, 9.17) is 0 Å². The number of amides is 2. The Balaban J connectivity index is 1.92. The van der Waals surface area contributed by atoms with E-state index in [0.717, 1.165) is 9.21 Å². The van der Waals surface area contributed by atoms with E-state index < -0.39 is 46.6 Å². The second-order valence-corrected chi connectivity index (χ2v) is 8.88. The molecule has 1 aromatic carbocycles. The fraction of sp³-hybridized carbons (Fsp3) is 0.227. The van der Waals surface area contributed by atoms with E-state index in [2.05, 4.69) is 18.1 Å². The van der Waals surface area contributed by atoms with Crippen molar-refractivity contribution in [2.24, 2.45) is 0 Å². The Morgan fingerprint density at radius 2 is 1.65 bits per heavy atom. The van der Waals surface area contributed by atoms with Crippen LogP contribution in [0.2, 0.25) is 0 Å². The number of benzene rings is 1. The number of imide groups is 1. The Labute approximate surface area is 181 Å². The molecule has 1 N–H and O–H groups in total. The minimum Gasteiger partial charge on any atom is -0.389 e. The minimum absolute atomic E-state index is 0.188. The van der Waals surface area contributed by atoms with Gasteiger partial charge in [-0.05, 0) is 31.2 Å². The monoisotopic (exact) mass is 441 g/mol. The lowest BCUT2D eigenvalue weighted by atomic mass is 10.1. The number of fused-ring (bicyclic) bond motifs is 1. The van der Waals surface area contributed by atoms with Crippen molar-refractivity contribution in [1.29, 1.82) is 0 Å². The van der Waals surface area contributed by atoms with Crippen LogP contribution in [0, 0.1) is 0 Å². The molecule has 162 valence electrons. The molecular weight excluding hydrogens is 418 g/mol. The number of sulfonamides is 1. The molecule has 2 heterocycles. The van der Waals surface area contributed by atoms with Crippen molar-refractivity contribution in [3.8, 4) is 0 Å². The Morgan fingerprint density at radius 1 is 1.06 bits per heavy atom. The van der Waals surface area contributed by atoms with Crippen LogP contribution >= 0.6 is 0 Å². The third-order valence-corrected chi connectivity index (χ3v) is 7.00. The molecule has 31 heavy (non-hydrogen) atoms. The lowest BCUT2D eigenvalue weighted by Crippen LogP contribution is -2.52. The van der Waals surface area contributed by atoms with Crippen LogP contribution in [0.15, 0.2) is 79.0 Å². The molecule has 0 bridgehead atoms. The molecule has 1 aliphatic rings. The van der Waals surface area contributed by atoms with Gasteiger partial charge in [0, 0.05) is 18.8 Å². The number of hydrogen-bond donors (Lipinski definition) is 1. The predicted molar refractivity (Wildman–Crippen MR) is 115 cm³/mol. The second-order valence-electron chi connectivity index (χ2n) is 7.04. The first-order valence-corrected chi connectivity index (χ1v) is 11.0. The van der Waals surface area contributed by atoms with E-state index in [-0.39, 0.29) is 16.2 Å². The van der Waals surface area contributed by atoms with Crippen molar-refractivity contribution in [2.45, 2.75) is 30.1 Å². The van der Waals surface area contributed by atoms with Gasteiger partial charge in [-0.3, -0.25) is 14.5 Å². The Bertz CT molecular complexity index is 1080. The van der Waals surface area contributed by atoms with Crippen molar-refractivity contribution in [2.75, 3.05) is 6.54 Å². The zero-order valence-electron chi connectivity index (χ0n) is 17.0. The van der Waals surface area contributed by atoms with Gasteiger partial charge in [-0.25, -0.2) is 13.4 Å². The van der Waals surface area contributed by atoms with Gasteiger partial charge < -0.3 is 5.11 Å². The number of rotatable bonds is 9. The zero-order chi connectivity index (χ0) is 22.8. The molecule has 9 heteroatoms. The van der Waals surface area contributed by atoms with Gasteiger partial charge in [-0.2, -0.15) is 4.31 Å². The number of carbonyl (C=O) groups is 2. The summed E-state index contributed by atoms with van der Waals surface area (Å²) < 4.78 is 27.3. The molecule has 0 radical (unpaired) electrons. The largest absolute Gasteiger partial charge is 0.389 e. The van der Waals surface area contributed by atoms with Crippen LogP contribution in [0.1, 0.15) is 27.6 Å². The summed E-state index contributed by atoms with van der Waals surface area (Å²) in [5.74, 6) is -1.14. The molecule has 0 aliphatic carbocycles. The Kier molecular flexibility index (Phi) is 6.49. The van der Waals surface area contributed by atoms with Crippen LogP contribution in [0.4, 0.5) is 0 Å². The molecule has 0 saturated carbocycles. The van der Waals surface area contributed by atoms with Gasteiger partial charge in [-0.1, -0.05) is 30.4 Å². The first-order chi connectivity index (χ1) is 14.7. The fourth-order valence-corrected chi connectivity index (χ4v) is 4.98. The van der Waals surface area contributed by atoms with E-state index in [1.165, 1.54) is 36.5 Å². The average molecular weight is 442 g/mol. The summed E-state index contributed by atoms with van der Waals surface area (Å²) in [5, 5.41) is 10.7. The molecule has 2 amide bonds. The molecule has 1 aromatic heterocycles. The topological polar surface area (TPSA) is 108 Å². The Hall–Kier alpha value is -3.14. The number of aliphatic hydroxyl groups excluding tert-OH is 1. The van der Waals surface area contributed by atoms with Gasteiger partial charge in [0.1, 0.15) is 0 Å². The quantitative estimate of drug-likeness (QED) is 0.470. The number of pyridine rings is 1. The van der Waals surface area contributed by atoms with E-state index >= 15 is 0 Å². The summed E-state index contributed by atoms with van der Waals surface area (Å²) in [6, 6.07) is 8.99. The van der Waals surface area contributed by atoms with Crippen molar-refractivity contribution >= 4 is 21.8 Å². The van der Waals surface area contributed by atoms with Crippen LogP contribution in [-0.2, 0) is 10.0 Å². The van der Waals surface area contributed by atoms with Gasteiger partial charge in [0.05, 0.1) is 23.3 Å². The van der Waals surface area contributed by atoms with Gasteiger partial charge in [0.15, 0.2) is 5.03 Å². The summed E-state index contributed by atoms with van der Waals surface area (Å²) in [7, 11) is -4.09. The highest BCUT2D eigenvalue weighted by Crippen LogP contribution is 2.27. The highest BCUT2D eigenvalue weighted by atomic mass is 32.2. The standard InChI is InChI=1S/C22H23N3O5S/c1-4-15(3)24(31(29,30)20-12-8-9-13-23-20)14-19(26)18(5-2)25-21(27)16-10-6-7-11-17(16)22(25)28/h4-13,15,18-19,26H,1-2,14H2,3H3/t15-,18+,19+/m1/s1. The van der Waals surface area contributed by atoms with Crippen molar-refractivity contribution < 1.29 is 23.1 Å². The molecule has 2 aromatic rings. The molecule has 8 nitrogen and oxygen atoms in total. The number of aromatic nitrogens is 1. The Morgan fingerprint density at radius 3 is 2.13 bits per heavy atom. The summed E-state index contributed by atoms with van der Waals surface area (Å²) >= 11 is 0. The first-order valence-electron chi connectivity index (χ1n) is 9.57. The SMILES string of the molecule is C=C[C@@H](C)N(C[C@H](O)[C@H](C=C)N1C(=O)c2ccccc2C1=O)S(=O)(=O)c1ccccn1. The van der Waals surface area contributed by atoms with Crippen LogP contribution < -0.4 is 0 Å².